The van der Waals surface area contributed by atoms with Crippen LogP contribution >= 0.6 is 0 Å². The van der Waals surface area contributed by atoms with Crippen molar-refractivity contribution in [2.75, 3.05) is 25.5 Å². The number of nitrogens with zero attached hydrogens (tertiary/aromatic N) is 3. The van der Waals surface area contributed by atoms with Crippen LogP contribution in [0.25, 0.3) is 16.6 Å². The zero-order valence-electron chi connectivity index (χ0n) is 15.3. The molecule has 4 N–H and O–H groups in total. The standard InChI is InChI=1S/C19H22N6O2/c1-11-6-21-9-15(11)24-18-14(19(20)26)8-23-25-10-13(5-16(18)25)12-3-4-17(27-2)22-7-12/h3-5,7-8,10-11,15,21,24H,6,9H2,1-2H3,(H2,20,26). The molecule has 0 aliphatic carbocycles. The van der Waals surface area contributed by atoms with E-state index < -0.39 is 5.91 Å². The number of pyridine rings is 1. The topological polar surface area (TPSA) is 107 Å². The van der Waals surface area contributed by atoms with Gasteiger partial charge in [0.1, 0.15) is 0 Å². The lowest BCUT2D eigenvalue weighted by Gasteiger charge is -2.20. The number of anilines is 1. The summed E-state index contributed by atoms with van der Waals surface area (Å²) in [5.41, 5.74) is 9.38. The van der Waals surface area contributed by atoms with E-state index in [1.165, 1.54) is 6.20 Å². The summed E-state index contributed by atoms with van der Waals surface area (Å²) < 4.78 is 6.86. The van der Waals surface area contributed by atoms with E-state index in [0.29, 0.717) is 23.0 Å². The number of methoxy groups -OCH3 is 1. The Morgan fingerprint density at radius 2 is 2.19 bits per heavy atom. The van der Waals surface area contributed by atoms with Crippen LogP contribution in [0, 0.1) is 5.92 Å². The Hall–Kier alpha value is -3.13. The first kappa shape index (κ1) is 17.3. The molecule has 0 radical (unpaired) electrons. The lowest BCUT2D eigenvalue weighted by Crippen LogP contribution is -2.29. The number of amides is 1. The minimum atomic E-state index is -0.500. The smallest absolute Gasteiger partial charge is 0.252 e. The number of carbonyl (C=O) groups excluding carboxylic acids is 1. The van der Waals surface area contributed by atoms with Crippen molar-refractivity contribution in [2.24, 2.45) is 11.7 Å². The van der Waals surface area contributed by atoms with Crippen LogP contribution in [0.1, 0.15) is 17.3 Å². The molecular weight excluding hydrogens is 344 g/mol. The molecular formula is C19H22N6O2. The molecule has 0 spiro atoms. The van der Waals surface area contributed by atoms with Gasteiger partial charge in [-0.25, -0.2) is 9.50 Å². The van der Waals surface area contributed by atoms with E-state index in [0.717, 1.165) is 29.7 Å². The van der Waals surface area contributed by atoms with Crippen LogP contribution in [0.15, 0.2) is 36.8 Å². The minimum Gasteiger partial charge on any atom is -0.481 e. The first-order valence-electron chi connectivity index (χ1n) is 8.85. The highest BCUT2D eigenvalue weighted by molar-refractivity contribution is 6.02. The fraction of sp³-hybridized carbons (Fsp3) is 0.316. The number of primary amides is 1. The number of nitrogens with two attached hydrogens (primary N) is 1. The molecule has 8 heteroatoms. The first-order chi connectivity index (χ1) is 13.1. The SMILES string of the molecule is COc1ccc(-c2cc3c(NC4CNCC4C)c(C(N)=O)cnn3c2)cn1. The Balaban J connectivity index is 1.79. The molecule has 1 fully saturated rings. The first-order valence-corrected chi connectivity index (χ1v) is 8.85. The summed E-state index contributed by atoms with van der Waals surface area (Å²) in [6, 6.07) is 5.95. The van der Waals surface area contributed by atoms with Gasteiger partial charge in [-0.05, 0) is 24.6 Å². The van der Waals surface area contributed by atoms with Crippen molar-refractivity contribution < 1.29 is 9.53 Å². The van der Waals surface area contributed by atoms with Gasteiger partial charge in [-0.1, -0.05) is 6.92 Å². The molecule has 0 saturated carbocycles. The third kappa shape index (κ3) is 3.19. The average Bonchev–Trinajstić information content (AvgIpc) is 3.28. The molecule has 1 aliphatic rings. The quantitative estimate of drug-likeness (QED) is 0.632. The van der Waals surface area contributed by atoms with Gasteiger partial charge in [0.15, 0.2) is 0 Å². The average molecular weight is 366 g/mol. The number of carbonyl (C=O) groups is 1. The lowest BCUT2D eigenvalue weighted by molar-refractivity contribution is 0.100. The van der Waals surface area contributed by atoms with E-state index in [1.54, 1.807) is 17.8 Å². The van der Waals surface area contributed by atoms with Crippen LogP contribution < -0.4 is 21.1 Å². The van der Waals surface area contributed by atoms with E-state index in [9.17, 15) is 4.79 Å². The maximum atomic E-state index is 12.0. The Bertz CT molecular complexity index is 982. The van der Waals surface area contributed by atoms with Crippen molar-refractivity contribution in [3.63, 3.8) is 0 Å². The molecule has 27 heavy (non-hydrogen) atoms. The van der Waals surface area contributed by atoms with Crippen LogP contribution in [-0.2, 0) is 0 Å². The zero-order chi connectivity index (χ0) is 19.0. The summed E-state index contributed by atoms with van der Waals surface area (Å²) in [6.07, 6.45) is 5.17. The molecule has 0 aromatic carbocycles. The van der Waals surface area contributed by atoms with Gasteiger partial charge in [-0.3, -0.25) is 4.79 Å². The van der Waals surface area contributed by atoms with E-state index in [-0.39, 0.29) is 6.04 Å². The third-order valence-electron chi connectivity index (χ3n) is 5.03. The summed E-state index contributed by atoms with van der Waals surface area (Å²) >= 11 is 0. The number of ether oxygens (including phenoxy) is 1. The molecule has 2 atom stereocenters. The second kappa shape index (κ2) is 6.88. The molecule has 2 unspecified atom stereocenters. The molecule has 0 bridgehead atoms. The van der Waals surface area contributed by atoms with Gasteiger partial charge >= 0.3 is 0 Å². The molecule has 3 aromatic rings. The van der Waals surface area contributed by atoms with Crippen LogP contribution in [0.5, 0.6) is 5.88 Å². The van der Waals surface area contributed by atoms with Gasteiger partial charge in [0, 0.05) is 42.2 Å². The second-order valence-electron chi connectivity index (χ2n) is 6.83. The Morgan fingerprint density at radius 1 is 1.33 bits per heavy atom. The number of hydrogen-bond acceptors (Lipinski definition) is 6. The molecule has 4 rings (SSSR count). The summed E-state index contributed by atoms with van der Waals surface area (Å²) in [6.45, 7) is 3.95. The van der Waals surface area contributed by atoms with Crippen LogP contribution in [0.3, 0.4) is 0 Å². The monoisotopic (exact) mass is 366 g/mol. The molecule has 8 nitrogen and oxygen atoms in total. The molecule has 4 heterocycles. The van der Waals surface area contributed by atoms with Gasteiger partial charge < -0.3 is 21.1 Å². The molecule has 1 amide bonds. The van der Waals surface area contributed by atoms with E-state index >= 15 is 0 Å². The van der Waals surface area contributed by atoms with Crippen LogP contribution in [-0.4, -0.2) is 46.7 Å². The highest BCUT2D eigenvalue weighted by atomic mass is 16.5. The van der Waals surface area contributed by atoms with Gasteiger partial charge in [-0.2, -0.15) is 5.10 Å². The maximum absolute atomic E-state index is 12.0. The lowest BCUT2D eigenvalue weighted by atomic mass is 10.1. The van der Waals surface area contributed by atoms with Crippen molar-refractivity contribution in [2.45, 2.75) is 13.0 Å². The number of aromatic nitrogens is 3. The predicted octanol–water partition coefficient (Wildman–Crippen LogP) is 1.52. The predicted molar refractivity (Wildman–Crippen MR) is 103 cm³/mol. The van der Waals surface area contributed by atoms with Gasteiger partial charge in [0.2, 0.25) is 5.88 Å². The zero-order valence-corrected chi connectivity index (χ0v) is 15.3. The number of hydrogen-bond donors (Lipinski definition) is 3. The van der Waals surface area contributed by atoms with E-state index in [4.69, 9.17) is 10.5 Å². The minimum absolute atomic E-state index is 0.218. The molecule has 1 aliphatic heterocycles. The van der Waals surface area contributed by atoms with Crippen molar-refractivity contribution >= 4 is 17.1 Å². The highest BCUT2D eigenvalue weighted by Gasteiger charge is 2.25. The maximum Gasteiger partial charge on any atom is 0.252 e. The second-order valence-corrected chi connectivity index (χ2v) is 6.83. The van der Waals surface area contributed by atoms with E-state index in [2.05, 4.69) is 27.6 Å². The number of fused-ring (bicyclic) bond motifs is 1. The fourth-order valence-electron chi connectivity index (χ4n) is 3.41. The van der Waals surface area contributed by atoms with Crippen molar-refractivity contribution in [1.82, 2.24) is 19.9 Å². The molecule has 3 aromatic heterocycles. The summed E-state index contributed by atoms with van der Waals surface area (Å²) in [7, 11) is 1.58. The van der Waals surface area contributed by atoms with Crippen molar-refractivity contribution in [3.05, 3.63) is 42.4 Å². The number of nitrogens with one attached hydrogen (secondary N) is 2. The summed E-state index contributed by atoms with van der Waals surface area (Å²) in [4.78, 5) is 16.2. The largest absolute Gasteiger partial charge is 0.481 e. The number of rotatable bonds is 5. The molecule has 140 valence electrons. The Kier molecular flexibility index (Phi) is 4.41. The van der Waals surface area contributed by atoms with Gasteiger partial charge in [0.05, 0.1) is 30.1 Å². The van der Waals surface area contributed by atoms with Crippen molar-refractivity contribution in [3.8, 4) is 17.0 Å². The van der Waals surface area contributed by atoms with Crippen molar-refractivity contribution in [1.29, 1.82) is 0 Å². The normalized spacial score (nSPS) is 19.3. The highest BCUT2D eigenvalue weighted by Crippen LogP contribution is 2.30. The molecule has 1 saturated heterocycles. The van der Waals surface area contributed by atoms with Gasteiger partial charge in [-0.15, -0.1) is 0 Å². The summed E-state index contributed by atoms with van der Waals surface area (Å²) in [5, 5.41) is 11.2. The Morgan fingerprint density at radius 3 is 2.81 bits per heavy atom. The van der Waals surface area contributed by atoms with Gasteiger partial charge in [0.25, 0.3) is 5.91 Å². The fourth-order valence-corrected chi connectivity index (χ4v) is 3.41. The van der Waals surface area contributed by atoms with Crippen LogP contribution in [0.4, 0.5) is 5.69 Å². The Labute approximate surface area is 156 Å². The third-order valence-corrected chi connectivity index (χ3v) is 5.03. The van der Waals surface area contributed by atoms with E-state index in [1.807, 2.05) is 24.4 Å². The van der Waals surface area contributed by atoms with Crippen LogP contribution in [0.2, 0.25) is 0 Å². The summed E-state index contributed by atoms with van der Waals surface area (Å²) in [5.74, 6) is 0.501.